The minimum atomic E-state index is -1.05. The fourth-order valence-electron chi connectivity index (χ4n) is 2.58. The van der Waals surface area contributed by atoms with Crippen LogP contribution >= 0.6 is 0 Å². The van der Waals surface area contributed by atoms with Gasteiger partial charge in [-0.2, -0.15) is 0 Å². The zero-order chi connectivity index (χ0) is 20.4. The molecule has 0 aliphatic heterocycles. The van der Waals surface area contributed by atoms with Crippen LogP contribution in [0.5, 0.6) is 0 Å². The highest BCUT2D eigenvalue weighted by molar-refractivity contribution is 5.90. The monoisotopic (exact) mass is 378 g/mol. The Balaban J connectivity index is 2.94. The average Bonchev–Trinajstić information content (AvgIpc) is 2.64. The molecule has 2 N–H and O–H groups in total. The third-order valence-electron chi connectivity index (χ3n) is 4.01. The highest BCUT2D eigenvalue weighted by atomic mass is 16.5. The summed E-state index contributed by atoms with van der Waals surface area (Å²) in [6.07, 6.45) is 0.186. The molecule has 1 aromatic carbocycles. The van der Waals surface area contributed by atoms with Crippen molar-refractivity contribution in [2.24, 2.45) is 5.92 Å². The quantitative estimate of drug-likeness (QED) is 0.609. The van der Waals surface area contributed by atoms with Crippen molar-refractivity contribution in [3.05, 3.63) is 35.9 Å². The van der Waals surface area contributed by atoms with Gasteiger partial charge in [-0.15, -0.1) is 0 Å². The Morgan fingerprint density at radius 3 is 2.15 bits per heavy atom. The summed E-state index contributed by atoms with van der Waals surface area (Å²) in [5, 5.41) is 5.17. The molecule has 1 aromatic rings. The van der Waals surface area contributed by atoms with Gasteiger partial charge in [-0.25, -0.2) is 4.79 Å². The van der Waals surface area contributed by atoms with E-state index in [0.717, 1.165) is 5.56 Å². The summed E-state index contributed by atoms with van der Waals surface area (Å²) in [6.45, 7) is 2.94. The van der Waals surface area contributed by atoms with Crippen LogP contribution in [0.4, 0.5) is 0 Å². The summed E-state index contributed by atoms with van der Waals surface area (Å²) in [7, 11) is 2.44. The molecule has 0 heterocycles. The molecule has 0 fully saturated rings. The van der Waals surface area contributed by atoms with Crippen molar-refractivity contribution in [1.82, 2.24) is 10.6 Å². The summed E-state index contributed by atoms with van der Waals surface area (Å²) in [6, 6.07) is 7.25. The zero-order valence-electron chi connectivity index (χ0n) is 16.0. The Morgan fingerprint density at radius 1 is 1.00 bits per heavy atom. The van der Waals surface area contributed by atoms with E-state index in [1.807, 2.05) is 30.3 Å². The molecule has 0 aliphatic rings. The summed E-state index contributed by atoms with van der Waals surface area (Å²) in [4.78, 5) is 47.8. The molecule has 0 saturated carbocycles. The molecule has 2 amide bonds. The summed E-state index contributed by atoms with van der Waals surface area (Å²) < 4.78 is 9.34. The molecule has 148 valence electrons. The fourth-order valence-corrected chi connectivity index (χ4v) is 2.58. The molecule has 0 radical (unpaired) electrons. The van der Waals surface area contributed by atoms with Crippen LogP contribution in [-0.4, -0.2) is 50.1 Å². The number of esters is 2. The topological polar surface area (TPSA) is 111 Å². The van der Waals surface area contributed by atoms with Crippen LogP contribution in [0.1, 0.15) is 25.8 Å². The van der Waals surface area contributed by atoms with Crippen LogP contribution in [0.25, 0.3) is 0 Å². The first kappa shape index (κ1) is 22.1. The number of hydrogen-bond donors (Lipinski definition) is 2. The van der Waals surface area contributed by atoms with E-state index in [2.05, 4.69) is 15.4 Å². The number of benzene rings is 1. The number of hydrogen-bond acceptors (Lipinski definition) is 6. The second-order valence-electron chi connectivity index (χ2n) is 6.21. The minimum Gasteiger partial charge on any atom is -0.469 e. The molecular weight excluding hydrogens is 352 g/mol. The summed E-state index contributed by atoms with van der Waals surface area (Å²) in [5.41, 5.74) is 0.851. The number of carbonyl (C=O) groups is 4. The van der Waals surface area contributed by atoms with Gasteiger partial charge in [0.2, 0.25) is 11.8 Å². The average molecular weight is 378 g/mol. The third kappa shape index (κ3) is 7.47. The molecule has 8 heteroatoms. The normalized spacial score (nSPS) is 13.6. The van der Waals surface area contributed by atoms with Crippen molar-refractivity contribution >= 4 is 23.8 Å². The fraction of sp³-hybridized carbons (Fsp3) is 0.474. The van der Waals surface area contributed by atoms with E-state index >= 15 is 0 Å². The lowest BCUT2D eigenvalue weighted by molar-refractivity contribution is -0.148. The smallest absolute Gasteiger partial charge is 0.328 e. The number of ether oxygens (including phenoxy) is 2. The van der Waals surface area contributed by atoms with Crippen molar-refractivity contribution in [1.29, 1.82) is 0 Å². The number of methoxy groups -OCH3 is 2. The van der Waals surface area contributed by atoms with E-state index in [0.29, 0.717) is 0 Å². The van der Waals surface area contributed by atoms with Crippen LogP contribution in [-0.2, 0) is 35.1 Å². The molecule has 0 spiro atoms. The first-order valence-electron chi connectivity index (χ1n) is 8.54. The lowest BCUT2D eigenvalue weighted by atomic mass is 9.97. The maximum atomic E-state index is 12.7. The van der Waals surface area contributed by atoms with Crippen LogP contribution < -0.4 is 10.6 Å². The van der Waals surface area contributed by atoms with Gasteiger partial charge in [0, 0.05) is 13.3 Å². The van der Waals surface area contributed by atoms with Crippen molar-refractivity contribution in [3.63, 3.8) is 0 Å². The van der Waals surface area contributed by atoms with Gasteiger partial charge in [0.05, 0.1) is 20.6 Å². The molecule has 0 bridgehead atoms. The second-order valence-corrected chi connectivity index (χ2v) is 6.21. The predicted molar refractivity (Wildman–Crippen MR) is 97.5 cm³/mol. The third-order valence-corrected chi connectivity index (χ3v) is 4.01. The van der Waals surface area contributed by atoms with Gasteiger partial charge in [0.1, 0.15) is 12.1 Å². The van der Waals surface area contributed by atoms with Crippen molar-refractivity contribution in [2.45, 2.75) is 38.8 Å². The van der Waals surface area contributed by atoms with Crippen molar-refractivity contribution in [2.75, 3.05) is 14.2 Å². The maximum absolute atomic E-state index is 12.7. The van der Waals surface area contributed by atoms with Crippen LogP contribution in [0.15, 0.2) is 30.3 Å². The number of carbonyl (C=O) groups excluding carboxylic acids is 4. The molecular formula is C19H26N2O6. The highest BCUT2D eigenvalue weighted by Crippen LogP contribution is 2.12. The van der Waals surface area contributed by atoms with E-state index in [-0.39, 0.29) is 18.7 Å². The zero-order valence-corrected chi connectivity index (χ0v) is 16.0. The minimum absolute atomic E-state index is 0.0694. The Morgan fingerprint density at radius 2 is 1.63 bits per heavy atom. The van der Waals surface area contributed by atoms with Gasteiger partial charge in [-0.05, 0) is 11.5 Å². The van der Waals surface area contributed by atoms with Crippen LogP contribution in [0.2, 0.25) is 0 Å². The number of rotatable bonds is 9. The Labute approximate surface area is 158 Å². The van der Waals surface area contributed by atoms with Crippen LogP contribution in [0, 0.1) is 5.92 Å². The molecule has 27 heavy (non-hydrogen) atoms. The summed E-state index contributed by atoms with van der Waals surface area (Å²) >= 11 is 0. The Kier molecular flexibility index (Phi) is 8.98. The maximum Gasteiger partial charge on any atom is 0.328 e. The van der Waals surface area contributed by atoms with Gasteiger partial charge < -0.3 is 20.1 Å². The van der Waals surface area contributed by atoms with E-state index < -0.39 is 35.8 Å². The summed E-state index contributed by atoms with van der Waals surface area (Å²) in [5.74, 6) is -2.65. The standard InChI is InChI=1S/C19H26N2O6/c1-12(10-16(23)26-3)17(19(25)27-4)21-18(24)15(20-13(2)22)11-14-8-6-5-7-9-14/h5-9,12,15,17H,10-11H2,1-4H3,(H,20,22)(H,21,24)/t12-,15+,17-/m0/s1. The number of amides is 2. The second kappa shape index (κ2) is 10.9. The Bertz CT molecular complexity index is 661. The lowest BCUT2D eigenvalue weighted by Crippen LogP contribution is -2.54. The number of nitrogens with one attached hydrogen (secondary N) is 2. The van der Waals surface area contributed by atoms with Crippen LogP contribution in [0.3, 0.4) is 0 Å². The first-order chi connectivity index (χ1) is 12.8. The van der Waals surface area contributed by atoms with Gasteiger partial charge in [0.15, 0.2) is 0 Å². The molecule has 1 rings (SSSR count). The van der Waals surface area contributed by atoms with E-state index in [1.54, 1.807) is 6.92 Å². The van der Waals surface area contributed by atoms with E-state index in [4.69, 9.17) is 4.74 Å². The van der Waals surface area contributed by atoms with Crippen molar-refractivity contribution < 1.29 is 28.7 Å². The van der Waals surface area contributed by atoms with Gasteiger partial charge >= 0.3 is 11.9 Å². The van der Waals surface area contributed by atoms with Gasteiger partial charge in [0.25, 0.3) is 0 Å². The molecule has 0 saturated heterocycles. The van der Waals surface area contributed by atoms with E-state index in [1.165, 1.54) is 21.1 Å². The predicted octanol–water partition coefficient (Wildman–Crippen LogP) is 0.591. The molecule has 3 atom stereocenters. The first-order valence-corrected chi connectivity index (χ1v) is 8.54. The molecule has 8 nitrogen and oxygen atoms in total. The molecule has 0 unspecified atom stereocenters. The van der Waals surface area contributed by atoms with Gasteiger partial charge in [-0.3, -0.25) is 14.4 Å². The van der Waals surface area contributed by atoms with Gasteiger partial charge in [-0.1, -0.05) is 37.3 Å². The van der Waals surface area contributed by atoms with Crippen molar-refractivity contribution in [3.8, 4) is 0 Å². The molecule has 0 aliphatic carbocycles. The highest BCUT2D eigenvalue weighted by Gasteiger charge is 2.32. The largest absolute Gasteiger partial charge is 0.469 e. The molecule has 0 aromatic heterocycles. The van der Waals surface area contributed by atoms with E-state index in [9.17, 15) is 19.2 Å². The lowest BCUT2D eigenvalue weighted by Gasteiger charge is -2.25. The SMILES string of the molecule is COC(=O)C[C@H](C)[C@H](NC(=O)[C@@H](Cc1ccccc1)NC(C)=O)C(=O)OC. The Hall–Kier alpha value is -2.90.